The van der Waals surface area contributed by atoms with Crippen LogP contribution in [0.1, 0.15) is 27.9 Å². The first-order valence-electron chi connectivity index (χ1n) is 8.92. The van der Waals surface area contributed by atoms with Gasteiger partial charge in [-0.2, -0.15) is 4.31 Å². The topological polar surface area (TPSA) is 93.1 Å². The first-order chi connectivity index (χ1) is 13.3. The van der Waals surface area contributed by atoms with E-state index in [4.69, 9.17) is 14.6 Å². The van der Waals surface area contributed by atoms with Crippen LogP contribution in [0.4, 0.5) is 0 Å². The van der Waals surface area contributed by atoms with Crippen LogP contribution >= 0.6 is 11.3 Å². The lowest BCUT2D eigenvalue weighted by Crippen LogP contribution is -2.34. The second-order valence-electron chi connectivity index (χ2n) is 6.09. The summed E-state index contributed by atoms with van der Waals surface area (Å²) in [4.78, 5) is 12.1. The molecule has 0 spiro atoms. The molecule has 1 aromatic heterocycles. The minimum atomic E-state index is -3.36. The van der Waals surface area contributed by atoms with Gasteiger partial charge >= 0.3 is 5.97 Å². The van der Waals surface area contributed by atoms with Crippen molar-refractivity contribution < 1.29 is 27.8 Å². The Hall–Kier alpha value is -2.10. The highest BCUT2D eigenvalue weighted by atomic mass is 32.2. The molecule has 0 saturated carbocycles. The van der Waals surface area contributed by atoms with Gasteiger partial charge in [-0.05, 0) is 44.0 Å². The zero-order chi connectivity index (χ0) is 20.6. The van der Waals surface area contributed by atoms with E-state index in [1.54, 1.807) is 24.3 Å². The van der Waals surface area contributed by atoms with Gasteiger partial charge in [-0.15, -0.1) is 11.3 Å². The van der Waals surface area contributed by atoms with E-state index in [1.165, 1.54) is 21.9 Å². The number of benzene rings is 1. The lowest BCUT2D eigenvalue weighted by atomic mass is 10.2. The molecule has 2 aromatic rings. The summed E-state index contributed by atoms with van der Waals surface area (Å²) < 4.78 is 36.5. The van der Waals surface area contributed by atoms with Crippen LogP contribution in [-0.2, 0) is 16.4 Å². The molecule has 0 bridgehead atoms. The van der Waals surface area contributed by atoms with Gasteiger partial charge in [-0.1, -0.05) is 6.07 Å². The van der Waals surface area contributed by atoms with Crippen molar-refractivity contribution in [2.45, 2.75) is 19.8 Å². The zero-order valence-corrected chi connectivity index (χ0v) is 17.6. The van der Waals surface area contributed by atoms with E-state index in [0.717, 1.165) is 4.88 Å². The molecule has 154 valence electrons. The number of hydrogen-bond donors (Lipinski definition) is 1. The van der Waals surface area contributed by atoms with Gasteiger partial charge in [0.05, 0.1) is 12.9 Å². The maximum atomic E-state index is 12.0. The molecule has 0 unspecified atom stereocenters. The van der Waals surface area contributed by atoms with E-state index in [1.807, 2.05) is 19.1 Å². The summed E-state index contributed by atoms with van der Waals surface area (Å²) in [5.41, 5.74) is 0. The number of nitrogens with zero attached hydrogens (tertiary/aromatic N) is 1. The van der Waals surface area contributed by atoms with Crippen molar-refractivity contribution in [1.29, 1.82) is 0 Å². The molecule has 1 heterocycles. The summed E-state index contributed by atoms with van der Waals surface area (Å²) in [6.45, 7) is 3.27. The maximum absolute atomic E-state index is 12.0. The van der Waals surface area contributed by atoms with Gasteiger partial charge in [0.1, 0.15) is 23.0 Å². The highest BCUT2D eigenvalue weighted by molar-refractivity contribution is 7.88. The normalized spacial score (nSPS) is 11.5. The molecule has 0 aliphatic rings. The number of thiophene rings is 1. The Labute approximate surface area is 169 Å². The van der Waals surface area contributed by atoms with Gasteiger partial charge in [0, 0.05) is 24.0 Å². The molecule has 0 aliphatic heterocycles. The second kappa shape index (κ2) is 10.4. The van der Waals surface area contributed by atoms with Crippen molar-refractivity contribution in [2.75, 3.05) is 32.6 Å². The number of aryl methyl sites for hydroxylation is 1. The first-order valence-corrected chi connectivity index (χ1v) is 11.6. The molecular formula is C19H25NO6S2. The third kappa shape index (κ3) is 7.14. The fourth-order valence-corrected chi connectivity index (χ4v) is 4.34. The van der Waals surface area contributed by atoms with Gasteiger partial charge in [0.25, 0.3) is 0 Å². The molecule has 0 amide bonds. The molecule has 0 saturated heterocycles. The Morgan fingerprint density at radius 3 is 2.46 bits per heavy atom. The predicted molar refractivity (Wildman–Crippen MR) is 109 cm³/mol. The number of sulfonamides is 1. The van der Waals surface area contributed by atoms with E-state index in [2.05, 4.69) is 0 Å². The lowest BCUT2D eigenvalue weighted by Gasteiger charge is -2.20. The van der Waals surface area contributed by atoms with Crippen LogP contribution in [0.5, 0.6) is 11.5 Å². The van der Waals surface area contributed by atoms with Crippen LogP contribution < -0.4 is 9.47 Å². The minimum Gasteiger partial charge on any atom is -0.494 e. The summed E-state index contributed by atoms with van der Waals surface area (Å²) in [6.07, 6.45) is 2.41. The predicted octanol–water partition coefficient (Wildman–Crippen LogP) is 3.12. The fraction of sp³-hybridized carbons (Fsp3) is 0.421. The average molecular weight is 428 g/mol. The van der Waals surface area contributed by atoms with Gasteiger partial charge < -0.3 is 14.6 Å². The van der Waals surface area contributed by atoms with Gasteiger partial charge in [0.15, 0.2) is 0 Å². The SMILES string of the molecule is CCOc1cccc(OCCN(CCCc2ccc(C(=O)O)s2)S(C)(=O)=O)c1. The largest absolute Gasteiger partial charge is 0.494 e. The summed E-state index contributed by atoms with van der Waals surface area (Å²) in [7, 11) is -3.36. The third-order valence-corrected chi connectivity index (χ3v) is 6.33. The Morgan fingerprint density at radius 2 is 1.86 bits per heavy atom. The van der Waals surface area contributed by atoms with E-state index < -0.39 is 16.0 Å². The Bertz CT molecular complexity index is 878. The molecule has 1 aromatic carbocycles. The molecule has 9 heteroatoms. The van der Waals surface area contributed by atoms with Crippen LogP contribution in [0, 0.1) is 0 Å². The van der Waals surface area contributed by atoms with Crippen molar-refractivity contribution >= 4 is 27.3 Å². The fourth-order valence-electron chi connectivity index (χ4n) is 2.59. The summed E-state index contributed by atoms with van der Waals surface area (Å²) >= 11 is 1.22. The monoisotopic (exact) mass is 427 g/mol. The molecule has 0 fully saturated rings. The minimum absolute atomic E-state index is 0.227. The number of rotatable bonds is 12. The highest BCUT2D eigenvalue weighted by Crippen LogP contribution is 2.20. The van der Waals surface area contributed by atoms with Gasteiger partial charge in [-0.3, -0.25) is 0 Å². The quantitative estimate of drug-likeness (QED) is 0.559. The molecule has 0 atom stereocenters. The Kier molecular flexibility index (Phi) is 8.28. The summed E-state index contributed by atoms with van der Waals surface area (Å²) in [6, 6.07) is 10.6. The first kappa shape index (κ1) is 22.2. The molecule has 0 radical (unpaired) electrons. The van der Waals surface area contributed by atoms with Crippen molar-refractivity contribution in [3.63, 3.8) is 0 Å². The van der Waals surface area contributed by atoms with Gasteiger partial charge in [0.2, 0.25) is 10.0 Å². The second-order valence-corrected chi connectivity index (χ2v) is 9.24. The standard InChI is InChI=1S/C19H25NO6S2/c1-3-25-15-6-4-7-16(14-15)26-13-12-20(28(2,23)24)11-5-8-17-9-10-18(27-17)19(21)22/h4,6-7,9-10,14H,3,5,8,11-13H2,1-2H3,(H,21,22). The van der Waals surface area contributed by atoms with Crippen molar-refractivity contribution in [1.82, 2.24) is 4.31 Å². The van der Waals surface area contributed by atoms with E-state index in [0.29, 0.717) is 37.5 Å². The van der Waals surface area contributed by atoms with Crippen LogP contribution in [0.25, 0.3) is 0 Å². The lowest BCUT2D eigenvalue weighted by molar-refractivity contribution is 0.0702. The molecule has 1 N–H and O–H groups in total. The molecule has 28 heavy (non-hydrogen) atoms. The van der Waals surface area contributed by atoms with Crippen LogP contribution in [0.15, 0.2) is 36.4 Å². The van der Waals surface area contributed by atoms with Crippen molar-refractivity contribution in [2.24, 2.45) is 0 Å². The molecule has 0 aliphatic carbocycles. The molecule has 7 nitrogen and oxygen atoms in total. The van der Waals surface area contributed by atoms with Gasteiger partial charge in [-0.25, -0.2) is 13.2 Å². The Balaban J connectivity index is 1.84. The van der Waals surface area contributed by atoms with Crippen molar-refractivity contribution in [3.8, 4) is 11.5 Å². The number of aromatic carboxylic acids is 1. The molecular weight excluding hydrogens is 402 g/mol. The number of ether oxygens (including phenoxy) is 2. The Morgan fingerprint density at radius 1 is 1.14 bits per heavy atom. The van der Waals surface area contributed by atoms with E-state index in [9.17, 15) is 13.2 Å². The summed E-state index contributed by atoms with van der Waals surface area (Å²) in [5, 5.41) is 8.96. The number of carbonyl (C=O) groups is 1. The smallest absolute Gasteiger partial charge is 0.345 e. The van der Waals surface area contributed by atoms with Crippen LogP contribution in [0.2, 0.25) is 0 Å². The maximum Gasteiger partial charge on any atom is 0.345 e. The van der Waals surface area contributed by atoms with Crippen molar-refractivity contribution in [3.05, 3.63) is 46.2 Å². The number of carboxylic acids is 1. The number of hydrogen-bond acceptors (Lipinski definition) is 6. The van der Waals surface area contributed by atoms with Crippen LogP contribution in [0.3, 0.4) is 0 Å². The van der Waals surface area contributed by atoms with Crippen LogP contribution in [-0.4, -0.2) is 56.4 Å². The summed E-state index contributed by atoms with van der Waals surface area (Å²) in [5.74, 6) is 0.385. The van der Waals surface area contributed by atoms with E-state index >= 15 is 0 Å². The number of carboxylic acid groups (broad SMARTS) is 1. The average Bonchev–Trinajstić information content (AvgIpc) is 3.09. The third-order valence-electron chi connectivity index (χ3n) is 3.90. The zero-order valence-electron chi connectivity index (χ0n) is 16.0. The van der Waals surface area contributed by atoms with E-state index in [-0.39, 0.29) is 18.0 Å². The highest BCUT2D eigenvalue weighted by Gasteiger charge is 2.16. The molecule has 2 rings (SSSR count).